The Hall–Kier alpha value is -3.14. The summed E-state index contributed by atoms with van der Waals surface area (Å²) in [5, 5.41) is 11.5. The van der Waals surface area contributed by atoms with E-state index in [1.54, 1.807) is 11.0 Å². The van der Waals surface area contributed by atoms with Crippen molar-refractivity contribution in [2.75, 3.05) is 0 Å². The van der Waals surface area contributed by atoms with E-state index < -0.39 is 12.0 Å². The minimum atomic E-state index is -0.915. The molecule has 3 aromatic carbocycles. The number of benzene rings is 3. The molecule has 1 aliphatic rings. The zero-order chi connectivity index (χ0) is 17.4. The van der Waals surface area contributed by atoms with Gasteiger partial charge in [0.05, 0.1) is 12.5 Å². The molecule has 4 rings (SSSR count). The first-order valence-corrected chi connectivity index (χ1v) is 8.23. The number of hydrogen-bond acceptors (Lipinski definition) is 2. The molecule has 0 saturated heterocycles. The van der Waals surface area contributed by atoms with E-state index in [1.807, 2.05) is 60.7 Å². The molecule has 4 nitrogen and oxygen atoms in total. The summed E-state index contributed by atoms with van der Waals surface area (Å²) >= 11 is 0. The van der Waals surface area contributed by atoms with Crippen LogP contribution >= 0.6 is 0 Å². The fourth-order valence-electron chi connectivity index (χ4n) is 3.62. The van der Waals surface area contributed by atoms with Crippen LogP contribution in [-0.2, 0) is 11.3 Å². The third-order valence-electron chi connectivity index (χ3n) is 4.78. The standard InChI is InChI=1S/C21H17NO3/c23-20(24)12-19(18-11-5-8-14-6-1-3-9-16(14)18)22-13-15-7-2-4-10-17(15)21(22)25/h1-11,19H,12-13H2,(H,23,24)/t19-/m1/s1. The lowest BCUT2D eigenvalue weighted by Gasteiger charge is -2.28. The average Bonchev–Trinajstić information content (AvgIpc) is 2.96. The molecule has 4 heteroatoms. The number of carboxylic acid groups (broad SMARTS) is 1. The summed E-state index contributed by atoms with van der Waals surface area (Å²) in [4.78, 5) is 26.1. The van der Waals surface area contributed by atoms with Crippen molar-refractivity contribution in [3.63, 3.8) is 0 Å². The van der Waals surface area contributed by atoms with Crippen LogP contribution in [0, 0.1) is 0 Å². The van der Waals surface area contributed by atoms with Crippen molar-refractivity contribution in [1.29, 1.82) is 0 Å². The molecule has 0 aliphatic carbocycles. The minimum Gasteiger partial charge on any atom is -0.481 e. The van der Waals surface area contributed by atoms with Crippen LogP contribution in [0.25, 0.3) is 10.8 Å². The largest absolute Gasteiger partial charge is 0.481 e. The Labute approximate surface area is 145 Å². The van der Waals surface area contributed by atoms with Crippen LogP contribution in [0.5, 0.6) is 0 Å². The maximum Gasteiger partial charge on any atom is 0.305 e. The fraction of sp³-hybridized carbons (Fsp3) is 0.143. The topological polar surface area (TPSA) is 57.6 Å². The Morgan fingerprint density at radius 1 is 1.00 bits per heavy atom. The molecule has 1 aliphatic heterocycles. The number of carboxylic acids is 1. The number of carbonyl (C=O) groups excluding carboxylic acids is 1. The molecular formula is C21H17NO3. The molecule has 0 radical (unpaired) electrons. The highest BCUT2D eigenvalue weighted by molar-refractivity contribution is 5.99. The first-order valence-electron chi connectivity index (χ1n) is 8.23. The van der Waals surface area contributed by atoms with Crippen LogP contribution < -0.4 is 0 Å². The van der Waals surface area contributed by atoms with Crippen LogP contribution in [-0.4, -0.2) is 21.9 Å². The van der Waals surface area contributed by atoms with Gasteiger partial charge in [-0.05, 0) is 28.0 Å². The Bertz CT molecular complexity index is 974. The number of rotatable bonds is 4. The lowest BCUT2D eigenvalue weighted by Crippen LogP contribution is -2.31. The number of carbonyl (C=O) groups is 2. The summed E-state index contributed by atoms with van der Waals surface area (Å²) in [6, 6.07) is 20.7. The first kappa shape index (κ1) is 15.4. The van der Waals surface area contributed by atoms with Crippen LogP contribution in [0.3, 0.4) is 0 Å². The maximum atomic E-state index is 12.9. The van der Waals surface area contributed by atoms with E-state index in [1.165, 1.54) is 0 Å². The quantitative estimate of drug-likeness (QED) is 0.786. The zero-order valence-electron chi connectivity index (χ0n) is 13.6. The summed E-state index contributed by atoms with van der Waals surface area (Å²) in [5.41, 5.74) is 2.49. The highest BCUT2D eigenvalue weighted by atomic mass is 16.4. The van der Waals surface area contributed by atoms with Gasteiger partial charge in [-0.1, -0.05) is 60.7 Å². The number of aliphatic carboxylic acids is 1. The van der Waals surface area contributed by atoms with Gasteiger partial charge in [0.2, 0.25) is 0 Å². The number of amides is 1. The van der Waals surface area contributed by atoms with E-state index >= 15 is 0 Å². The van der Waals surface area contributed by atoms with Gasteiger partial charge in [0.25, 0.3) is 5.91 Å². The van der Waals surface area contributed by atoms with Gasteiger partial charge in [0.15, 0.2) is 0 Å². The Morgan fingerprint density at radius 2 is 1.72 bits per heavy atom. The molecule has 0 aromatic heterocycles. The van der Waals surface area contributed by atoms with Crippen LogP contribution in [0.4, 0.5) is 0 Å². The van der Waals surface area contributed by atoms with E-state index in [9.17, 15) is 14.7 Å². The van der Waals surface area contributed by atoms with Crippen molar-refractivity contribution in [2.45, 2.75) is 19.0 Å². The van der Waals surface area contributed by atoms with Crippen molar-refractivity contribution in [2.24, 2.45) is 0 Å². The number of hydrogen-bond donors (Lipinski definition) is 1. The zero-order valence-corrected chi connectivity index (χ0v) is 13.6. The molecule has 0 fully saturated rings. The smallest absolute Gasteiger partial charge is 0.305 e. The van der Waals surface area contributed by atoms with Gasteiger partial charge in [-0.15, -0.1) is 0 Å². The average molecular weight is 331 g/mol. The van der Waals surface area contributed by atoms with E-state index in [0.717, 1.165) is 21.9 Å². The second-order valence-corrected chi connectivity index (χ2v) is 6.27. The molecule has 0 saturated carbocycles. The highest BCUT2D eigenvalue weighted by Crippen LogP contribution is 2.36. The van der Waals surface area contributed by atoms with Crippen LogP contribution in [0.15, 0.2) is 66.7 Å². The SMILES string of the molecule is O=C(O)C[C@H](c1cccc2ccccc12)N1Cc2ccccc2C1=O. The number of fused-ring (bicyclic) bond motifs is 2. The van der Waals surface area contributed by atoms with E-state index in [4.69, 9.17) is 0 Å². The lowest BCUT2D eigenvalue weighted by molar-refractivity contribution is -0.138. The molecule has 1 N–H and O–H groups in total. The first-order chi connectivity index (χ1) is 12.1. The van der Waals surface area contributed by atoms with Crippen molar-refractivity contribution >= 4 is 22.6 Å². The Balaban J connectivity index is 1.82. The van der Waals surface area contributed by atoms with Gasteiger partial charge in [-0.2, -0.15) is 0 Å². The fourth-order valence-corrected chi connectivity index (χ4v) is 3.62. The van der Waals surface area contributed by atoms with Crippen LogP contribution in [0.2, 0.25) is 0 Å². The van der Waals surface area contributed by atoms with Gasteiger partial charge < -0.3 is 10.0 Å². The molecular weight excluding hydrogens is 314 g/mol. The van der Waals surface area contributed by atoms with Crippen molar-refractivity contribution in [1.82, 2.24) is 4.90 Å². The maximum absolute atomic E-state index is 12.9. The summed E-state index contributed by atoms with van der Waals surface area (Å²) in [7, 11) is 0. The second-order valence-electron chi connectivity index (χ2n) is 6.27. The molecule has 124 valence electrons. The van der Waals surface area contributed by atoms with Crippen molar-refractivity contribution < 1.29 is 14.7 Å². The van der Waals surface area contributed by atoms with E-state index in [-0.39, 0.29) is 12.3 Å². The monoisotopic (exact) mass is 331 g/mol. The lowest BCUT2D eigenvalue weighted by atomic mass is 9.95. The molecule has 1 heterocycles. The molecule has 3 aromatic rings. The summed E-state index contributed by atoms with van der Waals surface area (Å²) in [6.45, 7) is 0.441. The van der Waals surface area contributed by atoms with Gasteiger partial charge in [-0.3, -0.25) is 9.59 Å². The predicted octanol–water partition coefficient (Wildman–Crippen LogP) is 4.01. The normalized spacial score (nSPS) is 14.6. The van der Waals surface area contributed by atoms with E-state index in [2.05, 4.69) is 0 Å². The molecule has 0 unspecified atom stereocenters. The van der Waals surface area contributed by atoms with Crippen molar-refractivity contribution in [3.8, 4) is 0 Å². The van der Waals surface area contributed by atoms with E-state index in [0.29, 0.717) is 12.1 Å². The molecule has 0 bridgehead atoms. The van der Waals surface area contributed by atoms with Gasteiger partial charge in [-0.25, -0.2) is 0 Å². The predicted molar refractivity (Wildman–Crippen MR) is 95.3 cm³/mol. The third-order valence-corrected chi connectivity index (χ3v) is 4.78. The Morgan fingerprint density at radius 3 is 2.52 bits per heavy atom. The molecule has 25 heavy (non-hydrogen) atoms. The highest BCUT2D eigenvalue weighted by Gasteiger charge is 2.34. The molecule has 1 atom stereocenters. The number of nitrogens with zero attached hydrogens (tertiary/aromatic N) is 1. The Kier molecular flexibility index (Phi) is 3.73. The summed E-state index contributed by atoms with van der Waals surface area (Å²) in [6.07, 6.45) is -0.117. The van der Waals surface area contributed by atoms with Gasteiger partial charge in [0.1, 0.15) is 0 Å². The summed E-state index contributed by atoms with van der Waals surface area (Å²) < 4.78 is 0. The van der Waals surface area contributed by atoms with Gasteiger partial charge in [0, 0.05) is 12.1 Å². The van der Waals surface area contributed by atoms with Crippen molar-refractivity contribution in [3.05, 3.63) is 83.4 Å². The van der Waals surface area contributed by atoms with Crippen LogP contribution in [0.1, 0.15) is 33.9 Å². The third kappa shape index (κ3) is 2.66. The molecule has 1 amide bonds. The second kappa shape index (κ2) is 6.06. The van der Waals surface area contributed by atoms with Gasteiger partial charge >= 0.3 is 5.97 Å². The molecule has 0 spiro atoms. The summed E-state index contributed by atoms with van der Waals surface area (Å²) in [5.74, 6) is -1.02. The minimum absolute atomic E-state index is 0.102.